The Labute approximate surface area is 358 Å². The van der Waals surface area contributed by atoms with E-state index in [2.05, 4.69) is 12.6 Å². The van der Waals surface area contributed by atoms with Crippen LogP contribution in [0.25, 0.3) is 0 Å². The zero-order chi connectivity index (χ0) is 43.5. The second-order valence-corrected chi connectivity index (χ2v) is 22.5. The van der Waals surface area contributed by atoms with Crippen LogP contribution < -0.4 is 14.2 Å². The van der Waals surface area contributed by atoms with Gasteiger partial charge in [-0.05, 0) is 130 Å². The van der Waals surface area contributed by atoms with Crippen molar-refractivity contribution < 1.29 is 54.9 Å². The number of Topliss-reactive ketones (excluding diaryl/α,β-unsaturated/α-hetero) is 2. The fourth-order valence-corrected chi connectivity index (χ4v) is 13.2. The number of hydrogen-bond donors (Lipinski definition) is 2. The Kier molecular flexibility index (Phi) is 15.1. The van der Waals surface area contributed by atoms with Gasteiger partial charge in [0.05, 0.1) is 25.6 Å². The van der Waals surface area contributed by atoms with Crippen LogP contribution in [0.15, 0.2) is 24.3 Å². The van der Waals surface area contributed by atoms with E-state index in [1.165, 1.54) is 7.11 Å². The summed E-state index contributed by atoms with van der Waals surface area (Å²) >= 11 is 4.20. The molecule has 60 heavy (non-hydrogen) atoms. The number of benzene rings is 2. The van der Waals surface area contributed by atoms with Crippen molar-refractivity contribution in [3.05, 3.63) is 52.1 Å². The molecule has 6 rings (SSSR count). The summed E-state index contributed by atoms with van der Waals surface area (Å²) in [4.78, 5) is 41.3. The van der Waals surface area contributed by atoms with E-state index >= 15 is 0 Å². The monoisotopic (exact) mass is 896 g/mol. The molecular weight excluding hydrogens is 838 g/mol. The Hall–Kier alpha value is -3.04. The fraction of sp³-hybridized carbons (Fsp3) is 0.651. The van der Waals surface area contributed by atoms with Gasteiger partial charge in [-0.25, -0.2) is 8.78 Å². The number of methoxy groups -OCH3 is 1. The Morgan fingerprint density at radius 1 is 0.883 bits per heavy atom. The highest BCUT2D eigenvalue weighted by molar-refractivity contribution is 7.86. The molecule has 0 aliphatic heterocycles. The summed E-state index contributed by atoms with van der Waals surface area (Å²) < 4.78 is 98.9. The third kappa shape index (κ3) is 10.4. The van der Waals surface area contributed by atoms with Crippen LogP contribution in [0.3, 0.4) is 0 Å². The van der Waals surface area contributed by atoms with E-state index in [-0.39, 0.29) is 80.5 Å². The van der Waals surface area contributed by atoms with Crippen molar-refractivity contribution in [2.45, 2.75) is 88.7 Å². The molecule has 8 atom stereocenters. The van der Waals surface area contributed by atoms with Crippen LogP contribution in [0.1, 0.15) is 88.8 Å². The largest absolute Gasteiger partial charge is 0.493 e. The molecule has 4 aliphatic rings. The lowest BCUT2D eigenvalue weighted by atomic mass is 9.88. The highest BCUT2D eigenvalue weighted by Crippen LogP contribution is 2.50. The summed E-state index contributed by atoms with van der Waals surface area (Å²) in [5.41, 5.74) is 2.62. The van der Waals surface area contributed by atoms with Crippen molar-refractivity contribution in [1.82, 2.24) is 9.57 Å². The summed E-state index contributed by atoms with van der Waals surface area (Å²) in [6.45, 7) is 2.66. The van der Waals surface area contributed by atoms with Crippen molar-refractivity contribution >= 4 is 47.5 Å². The number of carbonyl (C=O) groups is 3. The standard InChI is InChI=1S/C43H59F2N2O10PS2/c1-26-17-32-29(21-40(60(52,53)54)35-23-31(45)24-36(35)43(32)50)20-37(26)56-12-14-58(51,47(3)11-6-10-46(2)41(48)7-5-16-59)15-13-57-39-19-28-9-8-27-18-30(44)22-33(27)42(49)34(28)25-38(39)55-4/h17,19-20,25,27,30-31,33,35-36,40,59H,5-16,18,21-24H2,1-4H3,(H,52,53,54)/t27-,30+,31+,33?,35-,36?,40?,58?/m1/s1. The molecular formula is C43H59F2N2O10PS2. The quantitative estimate of drug-likeness (QED) is 0.0896. The van der Waals surface area contributed by atoms with E-state index in [1.54, 1.807) is 54.9 Å². The van der Waals surface area contributed by atoms with Gasteiger partial charge in [0.2, 0.25) is 5.91 Å². The Balaban J connectivity index is 1.17. The molecule has 0 radical (unpaired) electrons. The number of amides is 1. The SMILES string of the molecule is COc1cc2c(cc1OCCP(=O)(CCOc1cc3c(cc1C)C(=O)C1C[C@@H](F)C[C@H]1C(S(=O)(=O)O)C3)N(C)CCCN(C)C(=O)CCCS)CC[C@@H]1C[C@H](F)CC1C2=O. The molecule has 2 aromatic carbocycles. The van der Waals surface area contributed by atoms with E-state index in [9.17, 15) is 40.7 Å². The molecule has 332 valence electrons. The predicted molar refractivity (Wildman–Crippen MR) is 229 cm³/mol. The molecule has 12 nitrogen and oxygen atoms in total. The number of alkyl halides is 2. The first-order valence-corrected chi connectivity index (χ1v) is 25.2. The molecule has 17 heteroatoms. The molecule has 2 saturated carbocycles. The number of carbonyl (C=O) groups excluding carboxylic acids is 3. The molecule has 2 aromatic rings. The average molecular weight is 897 g/mol. The first-order valence-electron chi connectivity index (χ1n) is 21.0. The fourth-order valence-electron chi connectivity index (χ4n) is 9.76. The van der Waals surface area contributed by atoms with Crippen LogP contribution >= 0.6 is 19.9 Å². The first kappa shape index (κ1) is 46.5. The van der Waals surface area contributed by atoms with E-state index in [4.69, 9.17) is 14.2 Å². The van der Waals surface area contributed by atoms with Crippen molar-refractivity contribution in [3.63, 3.8) is 0 Å². The Morgan fingerprint density at radius 3 is 2.20 bits per heavy atom. The number of aryl methyl sites for hydroxylation is 2. The molecule has 0 saturated heterocycles. The summed E-state index contributed by atoms with van der Waals surface area (Å²) in [5.74, 6) is -0.681. The minimum atomic E-state index is -4.61. The highest BCUT2D eigenvalue weighted by atomic mass is 32.2. The predicted octanol–water partition coefficient (Wildman–Crippen LogP) is 7.08. The lowest BCUT2D eigenvalue weighted by Gasteiger charge is -2.29. The van der Waals surface area contributed by atoms with Crippen molar-refractivity contribution in [2.24, 2.45) is 23.7 Å². The zero-order valence-electron chi connectivity index (χ0n) is 34.9. The summed E-state index contributed by atoms with van der Waals surface area (Å²) in [6.07, 6.45) is 1.11. The zero-order valence-corrected chi connectivity index (χ0v) is 37.6. The molecule has 2 fully saturated rings. The average Bonchev–Trinajstić information content (AvgIpc) is 3.72. The Bertz CT molecular complexity index is 2090. The van der Waals surface area contributed by atoms with E-state index in [1.807, 2.05) is 0 Å². The molecule has 4 aliphatic carbocycles. The maximum absolute atomic E-state index is 15.0. The first-order chi connectivity index (χ1) is 28.4. The summed E-state index contributed by atoms with van der Waals surface area (Å²) in [7, 11) is -2.85. The second-order valence-electron chi connectivity index (χ2n) is 17.1. The minimum Gasteiger partial charge on any atom is -0.493 e. The highest BCUT2D eigenvalue weighted by Gasteiger charge is 2.50. The van der Waals surface area contributed by atoms with Gasteiger partial charge in [-0.1, -0.05) is 0 Å². The van der Waals surface area contributed by atoms with Gasteiger partial charge in [-0.15, -0.1) is 0 Å². The topological polar surface area (TPSA) is 157 Å². The van der Waals surface area contributed by atoms with E-state index in [0.717, 1.165) is 5.56 Å². The lowest BCUT2D eigenvalue weighted by molar-refractivity contribution is -0.129. The van der Waals surface area contributed by atoms with Crippen LogP contribution in [0.5, 0.6) is 17.2 Å². The number of hydrogen-bond acceptors (Lipinski definition) is 10. The second kappa shape index (κ2) is 19.6. The van der Waals surface area contributed by atoms with Gasteiger partial charge in [-0.3, -0.25) is 23.6 Å². The van der Waals surface area contributed by atoms with Crippen molar-refractivity contribution in [2.75, 3.05) is 65.6 Å². The van der Waals surface area contributed by atoms with E-state index < -0.39 is 46.8 Å². The smallest absolute Gasteiger partial charge is 0.268 e. The number of ether oxygens (including phenoxy) is 3. The van der Waals surface area contributed by atoms with Crippen LogP contribution in [0, 0.1) is 30.6 Å². The number of fused-ring (bicyclic) bond motifs is 4. The molecule has 1 N–H and O–H groups in total. The molecule has 0 bridgehead atoms. The van der Waals surface area contributed by atoms with E-state index in [0.29, 0.717) is 96.9 Å². The Morgan fingerprint density at radius 2 is 1.52 bits per heavy atom. The van der Waals surface area contributed by atoms with Gasteiger partial charge < -0.3 is 23.7 Å². The summed E-state index contributed by atoms with van der Waals surface area (Å²) in [6, 6.07) is 6.71. The van der Waals surface area contributed by atoms with Crippen LogP contribution in [0.4, 0.5) is 8.78 Å². The van der Waals surface area contributed by atoms with Crippen LogP contribution in [0.2, 0.25) is 0 Å². The molecule has 0 spiro atoms. The number of thiol groups is 1. The number of nitrogens with zero attached hydrogens (tertiary/aromatic N) is 2. The van der Waals surface area contributed by atoms with Crippen molar-refractivity contribution in [3.8, 4) is 17.2 Å². The van der Waals surface area contributed by atoms with Crippen LogP contribution in [-0.4, -0.2) is 123 Å². The number of ketones is 2. The maximum atomic E-state index is 15.0. The van der Waals surface area contributed by atoms with Gasteiger partial charge in [0.1, 0.15) is 18.1 Å². The van der Waals surface area contributed by atoms with Gasteiger partial charge in [-0.2, -0.15) is 21.0 Å². The third-order valence-electron chi connectivity index (χ3n) is 13.2. The number of halogens is 2. The van der Waals surface area contributed by atoms with Crippen molar-refractivity contribution in [1.29, 1.82) is 0 Å². The third-order valence-corrected chi connectivity index (χ3v) is 18.0. The number of rotatable bonds is 18. The molecule has 1 amide bonds. The lowest BCUT2D eigenvalue weighted by Crippen LogP contribution is -2.34. The van der Waals surface area contributed by atoms with Gasteiger partial charge >= 0.3 is 0 Å². The van der Waals surface area contributed by atoms with Gasteiger partial charge in [0, 0.05) is 61.8 Å². The van der Waals surface area contributed by atoms with Gasteiger partial charge in [0.15, 0.2) is 30.4 Å². The minimum absolute atomic E-state index is 0.000163. The van der Waals surface area contributed by atoms with Crippen LogP contribution in [-0.2, 0) is 32.3 Å². The van der Waals surface area contributed by atoms with Gasteiger partial charge in [0.25, 0.3) is 10.1 Å². The molecule has 0 aromatic heterocycles. The normalized spacial score (nSPS) is 26.0. The maximum Gasteiger partial charge on any atom is 0.268 e. The molecule has 4 unspecified atom stereocenters. The summed E-state index contributed by atoms with van der Waals surface area (Å²) in [5, 5.41) is -1.34. The molecule has 0 heterocycles.